The van der Waals surface area contributed by atoms with Crippen molar-refractivity contribution in [2.24, 2.45) is 0 Å². The third-order valence-corrected chi connectivity index (χ3v) is 5.54. The molecule has 0 spiro atoms. The van der Waals surface area contributed by atoms with Gasteiger partial charge in [0.05, 0.1) is 30.2 Å². The molecular formula is C20H15F3N2O3S. The first-order chi connectivity index (χ1) is 13.9. The SMILES string of the molecule is CC(COCc1ccccc1)n1c2s[nH]c(=O)c2c(=O)c2cc(F)c(F)c(F)c21. The van der Waals surface area contributed by atoms with Crippen molar-refractivity contribution in [2.75, 3.05) is 6.61 Å². The second-order valence-corrected chi connectivity index (χ2v) is 7.44. The fourth-order valence-electron chi connectivity index (χ4n) is 3.31. The molecule has 9 heteroatoms. The molecule has 0 bridgehead atoms. The van der Waals surface area contributed by atoms with Crippen LogP contribution in [0.25, 0.3) is 21.1 Å². The number of pyridine rings is 1. The second kappa shape index (κ2) is 7.49. The molecule has 2 heterocycles. The van der Waals surface area contributed by atoms with Crippen LogP contribution in [0.4, 0.5) is 13.2 Å². The van der Waals surface area contributed by atoms with E-state index < -0.39 is 45.4 Å². The molecule has 2 aromatic heterocycles. The molecule has 0 amide bonds. The van der Waals surface area contributed by atoms with Crippen LogP contribution in [0.5, 0.6) is 0 Å². The number of ether oxygens (including phenoxy) is 1. The van der Waals surface area contributed by atoms with Gasteiger partial charge in [-0.1, -0.05) is 30.3 Å². The maximum atomic E-state index is 14.7. The van der Waals surface area contributed by atoms with Crippen LogP contribution < -0.4 is 11.0 Å². The Labute approximate surface area is 166 Å². The van der Waals surface area contributed by atoms with Crippen LogP contribution in [0, 0.1) is 17.5 Å². The van der Waals surface area contributed by atoms with Crippen LogP contribution >= 0.6 is 11.5 Å². The average Bonchev–Trinajstić information content (AvgIpc) is 3.09. The summed E-state index contributed by atoms with van der Waals surface area (Å²) in [5, 5.41) is -0.615. The zero-order valence-electron chi connectivity index (χ0n) is 15.2. The summed E-state index contributed by atoms with van der Waals surface area (Å²) in [6, 6.07) is 9.42. The van der Waals surface area contributed by atoms with Crippen molar-refractivity contribution in [3.8, 4) is 0 Å². The molecule has 5 nitrogen and oxygen atoms in total. The van der Waals surface area contributed by atoms with Gasteiger partial charge in [0, 0.05) is 0 Å². The number of hydrogen-bond donors (Lipinski definition) is 1. The molecular weight excluding hydrogens is 405 g/mol. The lowest BCUT2D eigenvalue weighted by Gasteiger charge is -2.20. The Kier molecular flexibility index (Phi) is 5.01. The van der Waals surface area contributed by atoms with Gasteiger partial charge in [0.15, 0.2) is 17.5 Å². The van der Waals surface area contributed by atoms with Crippen molar-refractivity contribution in [2.45, 2.75) is 19.6 Å². The van der Waals surface area contributed by atoms with Gasteiger partial charge in [-0.25, -0.2) is 13.2 Å². The summed E-state index contributed by atoms with van der Waals surface area (Å²) in [6.45, 7) is 2.06. The Balaban J connectivity index is 1.85. The summed E-state index contributed by atoms with van der Waals surface area (Å²) in [5.74, 6) is -4.64. The van der Waals surface area contributed by atoms with Crippen molar-refractivity contribution >= 4 is 32.7 Å². The van der Waals surface area contributed by atoms with Gasteiger partial charge in [-0.2, -0.15) is 0 Å². The summed E-state index contributed by atoms with van der Waals surface area (Å²) in [4.78, 5) is 24.9. The van der Waals surface area contributed by atoms with Crippen molar-refractivity contribution in [3.05, 3.63) is 80.0 Å². The predicted molar refractivity (Wildman–Crippen MR) is 105 cm³/mol. The molecule has 4 rings (SSSR count). The van der Waals surface area contributed by atoms with Crippen LogP contribution in [0.1, 0.15) is 18.5 Å². The van der Waals surface area contributed by atoms with Crippen LogP contribution in [0.2, 0.25) is 0 Å². The molecule has 150 valence electrons. The minimum Gasteiger partial charge on any atom is -0.375 e. The van der Waals surface area contributed by atoms with Gasteiger partial charge in [-0.3, -0.25) is 14.0 Å². The minimum atomic E-state index is -1.68. The molecule has 0 aliphatic carbocycles. The fourth-order valence-corrected chi connectivity index (χ4v) is 4.26. The first-order valence-electron chi connectivity index (χ1n) is 8.74. The molecule has 0 aliphatic heterocycles. The highest BCUT2D eigenvalue weighted by Crippen LogP contribution is 2.29. The molecule has 29 heavy (non-hydrogen) atoms. The van der Waals surface area contributed by atoms with Gasteiger partial charge in [0.2, 0.25) is 5.43 Å². The summed E-state index contributed by atoms with van der Waals surface area (Å²) in [6.07, 6.45) is 0. The second-order valence-electron chi connectivity index (χ2n) is 6.64. The van der Waals surface area contributed by atoms with E-state index in [0.29, 0.717) is 12.7 Å². The lowest BCUT2D eigenvalue weighted by Crippen LogP contribution is -2.21. The molecule has 0 fully saturated rings. The molecule has 1 atom stereocenters. The van der Waals surface area contributed by atoms with E-state index in [1.165, 1.54) is 4.57 Å². The van der Waals surface area contributed by atoms with Gasteiger partial charge in [0.25, 0.3) is 5.56 Å². The Morgan fingerprint density at radius 2 is 1.86 bits per heavy atom. The first-order valence-corrected chi connectivity index (χ1v) is 9.56. The third kappa shape index (κ3) is 3.26. The zero-order chi connectivity index (χ0) is 20.7. The molecule has 0 radical (unpaired) electrons. The number of aromatic amines is 1. The van der Waals surface area contributed by atoms with E-state index in [-0.39, 0.29) is 16.8 Å². The number of halogens is 3. The monoisotopic (exact) mass is 420 g/mol. The highest BCUT2D eigenvalue weighted by Gasteiger charge is 2.25. The van der Waals surface area contributed by atoms with Gasteiger partial charge < -0.3 is 9.30 Å². The van der Waals surface area contributed by atoms with E-state index in [9.17, 15) is 22.8 Å². The number of fused-ring (bicyclic) bond motifs is 2. The van der Waals surface area contributed by atoms with Gasteiger partial charge in [-0.05, 0) is 30.1 Å². The fraction of sp³-hybridized carbons (Fsp3) is 0.200. The van der Waals surface area contributed by atoms with Crippen molar-refractivity contribution in [1.82, 2.24) is 8.94 Å². The Morgan fingerprint density at radius 3 is 2.59 bits per heavy atom. The highest BCUT2D eigenvalue weighted by molar-refractivity contribution is 7.12. The van der Waals surface area contributed by atoms with Gasteiger partial charge >= 0.3 is 0 Å². The van der Waals surface area contributed by atoms with E-state index in [2.05, 4.69) is 4.37 Å². The summed E-state index contributed by atoms with van der Waals surface area (Å²) in [7, 11) is 0. The summed E-state index contributed by atoms with van der Waals surface area (Å²) in [5.41, 5.74) is -0.968. The molecule has 0 saturated carbocycles. The number of benzene rings is 2. The molecule has 4 aromatic rings. The normalized spacial score (nSPS) is 12.7. The molecule has 2 aromatic carbocycles. The number of nitrogens with one attached hydrogen (secondary N) is 1. The molecule has 1 N–H and O–H groups in total. The number of aromatic nitrogens is 2. The minimum absolute atomic E-state index is 0.0898. The average molecular weight is 420 g/mol. The standard InChI is InChI=1S/C20H15F3N2O3S/c1-10(8-28-9-11-5-3-2-4-6-11)25-17-12(7-13(21)15(22)16(17)23)18(26)14-19(27)24-29-20(14)25/h2-7,10H,8-9H2,1H3,(H,24,27). The van der Waals surface area contributed by atoms with E-state index in [1.807, 2.05) is 30.3 Å². The number of hydrogen-bond acceptors (Lipinski definition) is 4. The van der Waals surface area contributed by atoms with Crippen molar-refractivity contribution in [1.29, 1.82) is 0 Å². The Morgan fingerprint density at radius 1 is 1.14 bits per heavy atom. The molecule has 0 saturated heterocycles. The zero-order valence-corrected chi connectivity index (χ0v) is 16.0. The van der Waals surface area contributed by atoms with Crippen LogP contribution in [0.15, 0.2) is 46.0 Å². The summed E-state index contributed by atoms with van der Waals surface area (Å²) < 4.78 is 51.8. The third-order valence-electron chi connectivity index (χ3n) is 4.66. The maximum Gasteiger partial charge on any atom is 0.271 e. The lowest BCUT2D eigenvalue weighted by molar-refractivity contribution is 0.0968. The van der Waals surface area contributed by atoms with E-state index in [4.69, 9.17) is 4.74 Å². The quantitative estimate of drug-likeness (QED) is 0.495. The number of nitrogens with zero attached hydrogens (tertiary/aromatic N) is 1. The Hall–Kier alpha value is -2.91. The lowest BCUT2D eigenvalue weighted by atomic mass is 10.1. The summed E-state index contributed by atoms with van der Waals surface area (Å²) >= 11 is 0.834. The van der Waals surface area contributed by atoms with Crippen LogP contribution in [0.3, 0.4) is 0 Å². The van der Waals surface area contributed by atoms with Crippen molar-refractivity contribution < 1.29 is 17.9 Å². The topological polar surface area (TPSA) is 64.1 Å². The van der Waals surface area contributed by atoms with Crippen LogP contribution in [-0.2, 0) is 11.3 Å². The molecule has 0 aliphatic rings. The van der Waals surface area contributed by atoms with Crippen molar-refractivity contribution in [3.63, 3.8) is 0 Å². The highest BCUT2D eigenvalue weighted by atomic mass is 32.1. The smallest absolute Gasteiger partial charge is 0.271 e. The van der Waals surface area contributed by atoms with E-state index >= 15 is 0 Å². The number of H-pyrrole nitrogens is 1. The maximum absolute atomic E-state index is 14.7. The van der Waals surface area contributed by atoms with Crippen LogP contribution in [-0.4, -0.2) is 15.5 Å². The van der Waals surface area contributed by atoms with E-state index in [0.717, 1.165) is 17.1 Å². The largest absolute Gasteiger partial charge is 0.375 e. The van der Waals surface area contributed by atoms with Gasteiger partial charge in [0.1, 0.15) is 10.2 Å². The number of rotatable bonds is 5. The Bertz CT molecular complexity index is 1330. The van der Waals surface area contributed by atoms with Gasteiger partial charge in [-0.15, -0.1) is 0 Å². The molecule has 1 unspecified atom stereocenters. The predicted octanol–water partition coefficient (Wildman–Crippen LogP) is 4.10. The first kappa shape index (κ1) is 19.4. The van der Waals surface area contributed by atoms with E-state index in [1.54, 1.807) is 6.92 Å².